The molecule has 4 aromatic rings. The van der Waals surface area contributed by atoms with Gasteiger partial charge in [0.25, 0.3) is 5.91 Å². The van der Waals surface area contributed by atoms with Crippen LogP contribution in [0.4, 0.5) is 0 Å². The molecule has 1 aromatic heterocycles. The highest BCUT2D eigenvalue weighted by atomic mass is 32.2. The van der Waals surface area contributed by atoms with Gasteiger partial charge < -0.3 is 10.1 Å². The Kier molecular flexibility index (Phi) is 7.16. The first kappa shape index (κ1) is 22.3. The molecule has 0 fully saturated rings. The van der Waals surface area contributed by atoms with Gasteiger partial charge >= 0.3 is 0 Å². The van der Waals surface area contributed by atoms with Crippen molar-refractivity contribution in [3.05, 3.63) is 102 Å². The van der Waals surface area contributed by atoms with Gasteiger partial charge in [0.15, 0.2) is 16.8 Å². The van der Waals surface area contributed by atoms with E-state index >= 15 is 0 Å². The first-order valence-corrected chi connectivity index (χ1v) is 11.3. The molecule has 0 saturated carbocycles. The number of ether oxygens (including phenoxy) is 1. The molecule has 0 bridgehead atoms. The average molecular weight is 459 g/mol. The second kappa shape index (κ2) is 10.6. The number of ketones is 1. The number of thioether (sulfide) groups is 1. The molecule has 4 rings (SSSR count). The number of hydrogen-bond donors (Lipinski definition) is 1. The number of methoxy groups -OCH3 is 1. The summed E-state index contributed by atoms with van der Waals surface area (Å²) < 4.78 is 7.05. The van der Waals surface area contributed by atoms with E-state index in [0.29, 0.717) is 27.9 Å². The highest BCUT2D eigenvalue weighted by molar-refractivity contribution is 7.99. The van der Waals surface area contributed by atoms with E-state index in [1.165, 1.54) is 11.8 Å². The van der Waals surface area contributed by atoms with Crippen LogP contribution in [0.1, 0.15) is 26.5 Å². The van der Waals surface area contributed by atoms with Gasteiger partial charge in [0.1, 0.15) is 5.75 Å². The number of benzene rings is 3. The third kappa shape index (κ3) is 5.48. The second-order valence-electron chi connectivity index (χ2n) is 7.06. The van der Waals surface area contributed by atoms with Crippen molar-refractivity contribution in [3.8, 4) is 11.4 Å². The summed E-state index contributed by atoms with van der Waals surface area (Å²) in [7, 11) is 1.56. The molecule has 33 heavy (non-hydrogen) atoms. The Morgan fingerprint density at radius 3 is 2.33 bits per heavy atom. The Balaban J connectivity index is 1.52. The molecule has 0 aliphatic carbocycles. The van der Waals surface area contributed by atoms with Crippen LogP contribution in [0.25, 0.3) is 5.69 Å². The van der Waals surface area contributed by atoms with Gasteiger partial charge in [0.2, 0.25) is 0 Å². The van der Waals surface area contributed by atoms with Crippen molar-refractivity contribution < 1.29 is 14.3 Å². The number of hydrogen-bond acceptors (Lipinski definition) is 6. The third-order valence-electron chi connectivity index (χ3n) is 4.88. The highest BCUT2D eigenvalue weighted by Crippen LogP contribution is 2.23. The largest absolute Gasteiger partial charge is 0.497 e. The molecule has 7 nitrogen and oxygen atoms in total. The fourth-order valence-electron chi connectivity index (χ4n) is 3.21. The topological polar surface area (TPSA) is 86.1 Å². The SMILES string of the molecule is COc1cccc(C(=O)NCc2nnc(SCC(=O)c3ccccc3)n2-c2ccccc2)c1. The van der Waals surface area contributed by atoms with Crippen molar-refractivity contribution in [1.82, 2.24) is 20.1 Å². The molecule has 0 aliphatic heterocycles. The van der Waals surface area contributed by atoms with Crippen LogP contribution in [0.3, 0.4) is 0 Å². The zero-order chi connectivity index (χ0) is 23.0. The maximum absolute atomic E-state index is 12.6. The van der Waals surface area contributed by atoms with Crippen LogP contribution in [-0.4, -0.2) is 39.3 Å². The van der Waals surface area contributed by atoms with E-state index in [9.17, 15) is 9.59 Å². The second-order valence-corrected chi connectivity index (χ2v) is 8.00. The van der Waals surface area contributed by atoms with Gasteiger partial charge in [-0.1, -0.05) is 66.4 Å². The molecule has 0 radical (unpaired) electrons. The van der Waals surface area contributed by atoms with Crippen molar-refractivity contribution in [2.75, 3.05) is 12.9 Å². The molecule has 1 amide bonds. The Hall–Kier alpha value is -3.91. The van der Waals surface area contributed by atoms with E-state index in [1.807, 2.05) is 53.1 Å². The van der Waals surface area contributed by atoms with Crippen molar-refractivity contribution in [3.63, 3.8) is 0 Å². The summed E-state index contributed by atoms with van der Waals surface area (Å²) in [5.41, 5.74) is 1.99. The molecule has 0 saturated heterocycles. The quantitative estimate of drug-likeness (QED) is 0.299. The lowest BCUT2D eigenvalue weighted by Crippen LogP contribution is -2.24. The Morgan fingerprint density at radius 2 is 1.61 bits per heavy atom. The summed E-state index contributed by atoms with van der Waals surface area (Å²) in [5, 5.41) is 12.0. The summed E-state index contributed by atoms with van der Waals surface area (Å²) >= 11 is 1.31. The molecule has 8 heteroatoms. The zero-order valence-electron chi connectivity index (χ0n) is 18.0. The molecule has 166 valence electrons. The summed E-state index contributed by atoms with van der Waals surface area (Å²) in [5.74, 6) is 1.16. The van der Waals surface area contributed by atoms with E-state index in [2.05, 4.69) is 15.5 Å². The maximum atomic E-state index is 12.6. The van der Waals surface area contributed by atoms with Crippen molar-refractivity contribution in [2.24, 2.45) is 0 Å². The van der Waals surface area contributed by atoms with Gasteiger partial charge in [0.05, 0.1) is 19.4 Å². The molecule has 0 spiro atoms. The van der Waals surface area contributed by atoms with Crippen LogP contribution in [0.15, 0.2) is 90.1 Å². The number of Topliss-reactive ketones (excluding diaryl/α,β-unsaturated/α-hetero) is 1. The lowest BCUT2D eigenvalue weighted by molar-refractivity contribution is 0.0948. The third-order valence-corrected chi connectivity index (χ3v) is 5.81. The average Bonchev–Trinajstić information content (AvgIpc) is 3.29. The first-order valence-electron chi connectivity index (χ1n) is 10.3. The Labute approximate surface area is 195 Å². The molecule has 1 heterocycles. The molecule has 0 atom stereocenters. The molecule has 3 aromatic carbocycles. The maximum Gasteiger partial charge on any atom is 0.251 e. The van der Waals surface area contributed by atoms with E-state index in [-0.39, 0.29) is 24.0 Å². The van der Waals surface area contributed by atoms with Crippen LogP contribution in [0.2, 0.25) is 0 Å². The summed E-state index contributed by atoms with van der Waals surface area (Å²) in [4.78, 5) is 25.2. The fraction of sp³-hybridized carbons (Fsp3) is 0.120. The molecule has 0 aliphatic rings. The van der Waals surface area contributed by atoms with Crippen LogP contribution < -0.4 is 10.1 Å². The zero-order valence-corrected chi connectivity index (χ0v) is 18.8. The number of para-hydroxylation sites is 1. The number of rotatable bonds is 9. The van der Waals surface area contributed by atoms with Gasteiger partial charge in [-0.2, -0.15) is 0 Å². The van der Waals surface area contributed by atoms with Gasteiger partial charge in [-0.15, -0.1) is 10.2 Å². The number of amides is 1. The van der Waals surface area contributed by atoms with E-state index in [0.717, 1.165) is 5.69 Å². The minimum absolute atomic E-state index is 0.0103. The lowest BCUT2D eigenvalue weighted by Gasteiger charge is -2.11. The van der Waals surface area contributed by atoms with E-state index in [4.69, 9.17) is 4.74 Å². The molecular formula is C25H22N4O3S. The first-order chi connectivity index (χ1) is 16.2. The predicted octanol–water partition coefficient (Wildman–Crippen LogP) is 4.18. The minimum Gasteiger partial charge on any atom is -0.497 e. The van der Waals surface area contributed by atoms with Gasteiger partial charge in [-0.05, 0) is 30.3 Å². The highest BCUT2D eigenvalue weighted by Gasteiger charge is 2.17. The Bertz CT molecular complexity index is 1240. The van der Waals surface area contributed by atoms with Gasteiger partial charge in [-0.3, -0.25) is 14.2 Å². The number of aromatic nitrogens is 3. The summed E-state index contributed by atoms with van der Waals surface area (Å²) in [6.45, 7) is 0.172. The lowest BCUT2D eigenvalue weighted by atomic mass is 10.2. The van der Waals surface area contributed by atoms with Crippen LogP contribution >= 0.6 is 11.8 Å². The summed E-state index contributed by atoms with van der Waals surface area (Å²) in [6.07, 6.45) is 0. The fourth-order valence-corrected chi connectivity index (χ4v) is 4.07. The standard InChI is InChI=1S/C25H22N4O3S/c1-32-21-14-8-11-19(15-21)24(31)26-16-23-27-28-25(29(23)20-12-6-3-7-13-20)33-17-22(30)18-9-4-2-5-10-18/h2-15H,16-17H2,1H3,(H,26,31). The Morgan fingerprint density at radius 1 is 0.909 bits per heavy atom. The molecule has 0 unspecified atom stereocenters. The van der Waals surface area contributed by atoms with Crippen LogP contribution in [0.5, 0.6) is 5.75 Å². The number of carbonyl (C=O) groups is 2. The van der Waals surface area contributed by atoms with Crippen molar-refractivity contribution >= 4 is 23.5 Å². The smallest absolute Gasteiger partial charge is 0.251 e. The number of nitrogens with one attached hydrogen (secondary N) is 1. The number of carbonyl (C=O) groups excluding carboxylic acids is 2. The predicted molar refractivity (Wildman–Crippen MR) is 127 cm³/mol. The summed E-state index contributed by atoms with van der Waals surface area (Å²) in [6, 6.07) is 25.7. The molecule has 1 N–H and O–H groups in total. The van der Waals surface area contributed by atoms with Crippen LogP contribution in [-0.2, 0) is 6.54 Å². The monoisotopic (exact) mass is 458 g/mol. The van der Waals surface area contributed by atoms with Crippen molar-refractivity contribution in [2.45, 2.75) is 11.7 Å². The normalized spacial score (nSPS) is 10.6. The van der Waals surface area contributed by atoms with Crippen LogP contribution in [0, 0.1) is 0 Å². The van der Waals surface area contributed by atoms with Gasteiger partial charge in [-0.25, -0.2) is 0 Å². The van der Waals surface area contributed by atoms with E-state index in [1.54, 1.807) is 43.5 Å². The minimum atomic E-state index is -0.245. The van der Waals surface area contributed by atoms with Crippen molar-refractivity contribution in [1.29, 1.82) is 0 Å². The number of nitrogens with zero attached hydrogens (tertiary/aromatic N) is 3. The van der Waals surface area contributed by atoms with Gasteiger partial charge in [0, 0.05) is 16.8 Å². The van der Waals surface area contributed by atoms with E-state index < -0.39 is 0 Å². The molecular weight excluding hydrogens is 436 g/mol.